The van der Waals surface area contributed by atoms with Crippen molar-refractivity contribution in [2.24, 2.45) is 0 Å². The third-order valence-electron chi connectivity index (χ3n) is 0.800. The summed E-state index contributed by atoms with van der Waals surface area (Å²) in [6.07, 6.45) is 1.43. The van der Waals surface area contributed by atoms with Gasteiger partial charge in [-0.2, -0.15) is 0 Å². The van der Waals surface area contributed by atoms with Crippen LogP contribution in [0.4, 0.5) is 4.39 Å². The monoisotopic (exact) mass is 209 g/mol. The van der Waals surface area contributed by atoms with Crippen LogP contribution in [0.2, 0.25) is 5.15 Å². The lowest BCUT2D eigenvalue weighted by atomic mass is 10.5. The standard InChI is InChI=1S/C5H2BrClFN/c6-3-1-2-9-5(7)4(3)8/h1-2H. The Morgan fingerprint density at radius 3 is 2.78 bits per heavy atom. The van der Waals surface area contributed by atoms with E-state index in [1.54, 1.807) is 0 Å². The molecule has 0 N–H and O–H groups in total. The Hall–Kier alpha value is -0.150. The first-order valence-electron chi connectivity index (χ1n) is 2.17. The zero-order chi connectivity index (χ0) is 6.85. The summed E-state index contributed by atoms with van der Waals surface area (Å²) in [5.74, 6) is -0.515. The Kier molecular flexibility index (Phi) is 2.03. The maximum absolute atomic E-state index is 12.5. The molecule has 1 aromatic heterocycles. The smallest absolute Gasteiger partial charge is 0.174 e. The first kappa shape index (κ1) is 6.96. The van der Waals surface area contributed by atoms with Gasteiger partial charge in [-0.15, -0.1) is 0 Å². The van der Waals surface area contributed by atoms with E-state index in [1.165, 1.54) is 12.3 Å². The van der Waals surface area contributed by atoms with Crippen LogP contribution < -0.4 is 0 Å². The van der Waals surface area contributed by atoms with Gasteiger partial charge in [0.1, 0.15) is 0 Å². The van der Waals surface area contributed by atoms with E-state index in [1.807, 2.05) is 0 Å². The largest absolute Gasteiger partial charge is 0.241 e. The van der Waals surface area contributed by atoms with Crippen molar-refractivity contribution in [2.75, 3.05) is 0 Å². The Labute approximate surface area is 65.0 Å². The van der Waals surface area contributed by atoms with Gasteiger partial charge in [-0.3, -0.25) is 0 Å². The van der Waals surface area contributed by atoms with Gasteiger partial charge in [0, 0.05) is 6.20 Å². The van der Waals surface area contributed by atoms with Gasteiger partial charge in [-0.1, -0.05) is 11.6 Å². The molecule has 0 bridgehead atoms. The van der Waals surface area contributed by atoms with Crippen LogP contribution in [0, 0.1) is 5.82 Å². The molecule has 0 saturated carbocycles. The van der Waals surface area contributed by atoms with Crippen molar-refractivity contribution >= 4 is 27.5 Å². The summed E-state index contributed by atoms with van der Waals surface area (Å²) in [4.78, 5) is 3.50. The van der Waals surface area contributed by atoms with Crippen LogP contribution in [0.25, 0.3) is 0 Å². The fourth-order valence-corrected chi connectivity index (χ4v) is 0.975. The second-order valence-electron chi connectivity index (χ2n) is 1.40. The van der Waals surface area contributed by atoms with E-state index in [9.17, 15) is 4.39 Å². The predicted octanol–water partition coefficient (Wildman–Crippen LogP) is 2.64. The summed E-state index contributed by atoms with van der Waals surface area (Å²) < 4.78 is 12.8. The van der Waals surface area contributed by atoms with Crippen molar-refractivity contribution in [3.05, 3.63) is 27.7 Å². The molecule has 0 atom stereocenters. The van der Waals surface area contributed by atoms with Crippen LogP contribution in [0.5, 0.6) is 0 Å². The Morgan fingerprint density at radius 2 is 2.33 bits per heavy atom. The van der Waals surface area contributed by atoms with E-state index in [0.29, 0.717) is 4.47 Å². The molecule has 0 amide bonds. The maximum atomic E-state index is 12.5. The quantitative estimate of drug-likeness (QED) is 0.600. The minimum Gasteiger partial charge on any atom is -0.241 e. The molecule has 1 aromatic rings. The predicted molar refractivity (Wildman–Crippen MR) is 36.9 cm³/mol. The number of hydrogen-bond acceptors (Lipinski definition) is 1. The van der Waals surface area contributed by atoms with Crippen LogP contribution in [-0.4, -0.2) is 4.98 Å². The van der Waals surface area contributed by atoms with Gasteiger partial charge in [0.25, 0.3) is 0 Å². The molecular formula is C5H2BrClFN. The molecule has 0 aromatic carbocycles. The minimum absolute atomic E-state index is 0.107. The molecule has 0 aliphatic carbocycles. The van der Waals surface area contributed by atoms with Gasteiger partial charge in [-0.25, -0.2) is 9.37 Å². The highest BCUT2D eigenvalue weighted by atomic mass is 79.9. The molecule has 0 saturated heterocycles. The molecule has 1 heterocycles. The van der Waals surface area contributed by atoms with Crippen molar-refractivity contribution < 1.29 is 4.39 Å². The molecule has 48 valence electrons. The summed E-state index contributed by atoms with van der Waals surface area (Å²) in [5, 5.41) is -0.107. The van der Waals surface area contributed by atoms with E-state index in [0.717, 1.165) is 0 Å². The first-order valence-corrected chi connectivity index (χ1v) is 3.34. The Bertz CT molecular complexity index is 208. The number of hydrogen-bond donors (Lipinski definition) is 0. The molecule has 9 heavy (non-hydrogen) atoms. The maximum Gasteiger partial charge on any atom is 0.174 e. The van der Waals surface area contributed by atoms with Gasteiger partial charge in [0.05, 0.1) is 4.47 Å². The fourth-order valence-electron chi connectivity index (χ4n) is 0.397. The van der Waals surface area contributed by atoms with E-state index < -0.39 is 5.82 Å². The van der Waals surface area contributed by atoms with Crippen molar-refractivity contribution in [3.63, 3.8) is 0 Å². The molecule has 0 aliphatic heterocycles. The number of rotatable bonds is 0. The average Bonchev–Trinajstić information content (AvgIpc) is 1.83. The van der Waals surface area contributed by atoms with Crippen LogP contribution in [0.3, 0.4) is 0 Å². The lowest BCUT2D eigenvalue weighted by molar-refractivity contribution is 0.615. The van der Waals surface area contributed by atoms with Crippen molar-refractivity contribution in [1.29, 1.82) is 0 Å². The summed E-state index contributed by atoms with van der Waals surface area (Å²) in [6.45, 7) is 0. The van der Waals surface area contributed by atoms with Crippen LogP contribution >= 0.6 is 27.5 Å². The van der Waals surface area contributed by atoms with Gasteiger partial charge < -0.3 is 0 Å². The molecule has 0 aliphatic rings. The summed E-state index contributed by atoms with van der Waals surface area (Å²) >= 11 is 8.24. The molecule has 1 rings (SSSR count). The van der Waals surface area contributed by atoms with Gasteiger partial charge in [0.2, 0.25) is 0 Å². The van der Waals surface area contributed by atoms with E-state index in [2.05, 4.69) is 20.9 Å². The average molecular weight is 210 g/mol. The molecule has 0 radical (unpaired) electrons. The van der Waals surface area contributed by atoms with Crippen molar-refractivity contribution in [1.82, 2.24) is 4.98 Å². The van der Waals surface area contributed by atoms with Crippen LogP contribution in [0.1, 0.15) is 0 Å². The number of aromatic nitrogens is 1. The number of nitrogens with zero attached hydrogens (tertiary/aromatic N) is 1. The molecule has 0 spiro atoms. The second kappa shape index (κ2) is 2.62. The minimum atomic E-state index is -0.515. The van der Waals surface area contributed by atoms with Crippen LogP contribution in [-0.2, 0) is 0 Å². The molecular weight excluding hydrogens is 208 g/mol. The molecule has 4 heteroatoms. The molecule has 0 fully saturated rings. The first-order chi connectivity index (χ1) is 4.22. The zero-order valence-corrected chi connectivity index (χ0v) is 6.58. The third-order valence-corrected chi connectivity index (χ3v) is 1.68. The van der Waals surface area contributed by atoms with Gasteiger partial charge in [0.15, 0.2) is 11.0 Å². The second-order valence-corrected chi connectivity index (χ2v) is 2.61. The van der Waals surface area contributed by atoms with Crippen LogP contribution in [0.15, 0.2) is 16.7 Å². The lowest BCUT2D eigenvalue weighted by Gasteiger charge is -1.92. The highest BCUT2D eigenvalue weighted by Crippen LogP contribution is 2.19. The van der Waals surface area contributed by atoms with Gasteiger partial charge >= 0.3 is 0 Å². The SMILES string of the molecule is Fc1c(Br)ccnc1Cl. The zero-order valence-electron chi connectivity index (χ0n) is 4.24. The van der Waals surface area contributed by atoms with Gasteiger partial charge in [-0.05, 0) is 22.0 Å². The normalized spacial score (nSPS) is 9.67. The highest BCUT2D eigenvalue weighted by Gasteiger charge is 2.02. The highest BCUT2D eigenvalue weighted by molar-refractivity contribution is 9.10. The summed E-state index contributed by atoms with van der Waals surface area (Å²) in [5.41, 5.74) is 0. The molecule has 0 unspecified atom stereocenters. The van der Waals surface area contributed by atoms with E-state index in [-0.39, 0.29) is 5.15 Å². The Balaban J connectivity index is 3.25. The number of halogens is 3. The fraction of sp³-hybridized carbons (Fsp3) is 0. The topological polar surface area (TPSA) is 12.9 Å². The number of pyridine rings is 1. The third kappa shape index (κ3) is 1.40. The summed E-state index contributed by atoms with van der Waals surface area (Å²) in [6, 6.07) is 1.49. The lowest BCUT2D eigenvalue weighted by Crippen LogP contribution is -1.81. The summed E-state index contributed by atoms with van der Waals surface area (Å²) in [7, 11) is 0. The Morgan fingerprint density at radius 1 is 1.67 bits per heavy atom. The van der Waals surface area contributed by atoms with E-state index in [4.69, 9.17) is 11.6 Å². The van der Waals surface area contributed by atoms with Crippen molar-refractivity contribution in [3.8, 4) is 0 Å². The van der Waals surface area contributed by atoms with E-state index >= 15 is 0 Å². The molecule has 1 nitrogen and oxygen atoms in total. The van der Waals surface area contributed by atoms with Crippen molar-refractivity contribution in [2.45, 2.75) is 0 Å².